The third-order valence-corrected chi connectivity index (χ3v) is 3.28. The third kappa shape index (κ3) is 1.50. The number of phenols is 1. The molecule has 2 aromatic rings. The highest BCUT2D eigenvalue weighted by Gasteiger charge is 2.32. The Morgan fingerprint density at radius 1 is 1.24 bits per heavy atom. The average Bonchev–Trinajstić information content (AvgIpc) is 2.87. The van der Waals surface area contributed by atoms with Gasteiger partial charge in [0.1, 0.15) is 11.5 Å². The van der Waals surface area contributed by atoms with Crippen LogP contribution >= 0.6 is 0 Å². The summed E-state index contributed by atoms with van der Waals surface area (Å²) in [5, 5.41) is 10.0. The minimum atomic E-state index is 0.00490. The van der Waals surface area contributed by atoms with E-state index in [9.17, 15) is 5.11 Å². The number of rotatable bonds is 1. The first kappa shape index (κ1) is 10.3. The maximum Gasteiger partial charge on any atom is 0.143 e. The SMILES string of the molecule is CC1(C)COc2cc(O)c(-n3cccc3)cc21. The van der Waals surface area contributed by atoms with Gasteiger partial charge in [0.15, 0.2) is 0 Å². The quantitative estimate of drug-likeness (QED) is 0.816. The Morgan fingerprint density at radius 3 is 2.65 bits per heavy atom. The average molecular weight is 229 g/mol. The van der Waals surface area contributed by atoms with Gasteiger partial charge in [-0.3, -0.25) is 0 Å². The molecule has 0 aliphatic carbocycles. The molecule has 0 saturated heterocycles. The number of fused-ring (bicyclic) bond motifs is 1. The molecule has 0 atom stereocenters. The normalized spacial score (nSPS) is 16.6. The van der Waals surface area contributed by atoms with Gasteiger partial charge in [0.2, 0.25) is 0 Å². The highest BCUT2D eigenvalue weighted by atomic mass is 16.5. The van der Waals surface area contributed by atoms with Gasteiger partial charge in [0.25, 0.3) is 0 Å². The largest absolute Gasteiger partial charge is 0.506 e. The van der Waals surface area contributed by atoms with Gasteiger partial charge < -0.3 is 14.4 Å². The smallest absolute Gasteiger partial charge is 0.143 e. The number of phenolic OH excluding ortho intramolecular Hbond substituents is 1. The second kappa shape index (κ2) is 3.29. The Hall–Kier alpha value is -1.90. The van der Waals surface area contributed by atoms with Crippen LogP contribution in [-0.2, 0) is 5.41 Å². The molecule has 3 heteroatoms. The van der Waals surface area contributed by atoms with Crippen molar-refractivity contribution in [2.45, 2.75) is 19.3 Å². The molecule has 0 unspecified atom stereocenters. The first-order valence-corrected chi connectivity index (χ1v) is 5.71. The predicted octanol–water partition coefficient (Wildman–Crippen LogP) is 2.85. The van der Waals surface area contributed by atoms with Crippen molar-refractivity contribution in [1.29, 1.82) is 0 Å². The maximum absolute atomic E-state index is 10.0. The van der Waals surface area contributed by atoms with E-state index in [2.05, 4.69) is 13.8 Å². The van der Waals surface area contributed by atoms with E-state index in [0.29, 0.717) is 6.61 Å². The molecule has 1 aliphatic rings. The van der Waals surface area contributed by atoms with Crippen molar-refractivity contribution in [3.8, 4) is 17.2 Å². The molecule has 0 fully saturated rings. The van der Waals surface area contributed by atoms with Gasteiger partial charge >= 0.3 is 0 Å². The molecule has 17 heavy (non-hydrogen) atoms. The number of ether oxygens (including phenoxy) is 1. The topological polar surface area (TPSA) is 34.4 Å². The van der Waals surface area contributed by atoms with Gasteiger partial charge in [0, 0.05) is 29.4 Å². The lowest BCUT2D eigenvalue weighted by molar-refractivity contribution is 0.290. The molecule has 1 aromatic heterocycles. The van der Waals surface area contributed by atoms with Gasteiger partial charge in [-0.25, -0.2) is 0 Å². The van der Waals surface area contributed by atoms with E-state index in [-0.39, 0.29) is 11.2 Å². The molecule has 0 spiro atoms. The Morgan fingerprint density at radius 2 is 1.94 bits per heavy atom. The van der Waals surface area contributed by atoms with Crippen LogP contribution in [-0.4, -0.2) is 16.3 Å². The molecule has 1 aliphatic heterocycles. The number of nitrogens with zero attached hydrogens (tertiary/aromatic N) is 1. The van der Waals surface area contributed by atoms with Gasteiger partial charge in [0.05, 0.1) is 12.3 Å². The highest BCUT2D eigenvalue weighted by molar-refractivity contribution is 5.57. The molecule has 0 saturated carbocycles. The lowest BCUT2D eigenvalue weighted by Gasteiger charge is -2.16. The lowest BCUT2D eigenvalue weighted by atomic mass is 9.86. The molecule has 0 radical (unpaired) electrons. The van der Waals surface area contributed by atoms with Gasteiger partial charge in [-0.1, -0.05) is 13.8 Å². The first-order valence-electron chi connectivity index (χ1n) is 5.71. The summed E-state index contributed by atoms with van der Waals surface area (Å²) in [7, 11) is 0. The number of aromatic hydroxyl groups is 1. The molecular weight excluding hydrogens is 214 g/mol. The molecule has 2 heterocycles. The standard InChI is InChI=1S/C14H15NO2/c1-14(2)9-17-13-8-12(16)11(7-10(13)14)15-5-3-4-6-15/h3-8,16H,9H2,1-2H3. The van der Waals surface area contributed by atoms with Crippen molar-refractivity contribution in [2.75, 3.05) is 6.61 Å². The zero-order valence-corrected chi connectivity index (χ0v) is 9.97. The van der Waals surface area contributed by atoms with Crippen LogP contribution in [0.2, 0.25) is 0 Å². The molecule has 88 valence electrons. The van der Waals surface area contributed by atoms with Crippen molar-refractivity contribution >= 4 is 0 Å². The summed E-state index contributed by atoms with van der Waals surface area (Å²) in [5.41, 5.74) is 1.96. The predicted molar refractivity (Wildman–Crippen MR) is 66.0 cm³/mol. The monoisotopic (exact) mass is 229 g/mol. The van der Waals surface area contributed by atoms with E-state index in [1.807, 2.05) is 35.2 Å². The van der Waals surface area contributed by atoms with Crippen LogP contribution in [0.15, 0.2) is 36.7 Å². The van der Waals surface area contributed by atoms with Crippen molar-refractivity contribution in [3.05, 3.63) is 42.2 Å². The van der Waals surface area contributed by atoms with E-state index >= 15 is 0 Å². The van der Waals surface area contributed by atoms with E-state index in [0.717, 1.165) is 17.0 Å². The van der Waals surface area contributed by atoms with E-state index in [1.54, 1.807) is 6.07 Å². The van der Waals surface area contributed by atoms with Crippen molar-refractivity contribution in [2.24, 2.45) is 0 Å². The van der Waals surface area contributed by atoms with Gasteiger partial charge in [-0.15, -0.1) is 0 Å². The molecule has 0 amide bonds. The molecule has 1 N–H and O–H groups in total. The minimum Gasteiger partial charge on any atom is -0.506 e. The zero-order chi connectivity index (χ0) is 12.0. The second-order valence-electron chi connectivity index (χ2n) is 5.10. The summed E-state index contributed by atoms with van der Waals surface area (Å²) in [4.78, 5) is 0. The fraction of sp³-hybridized carbons (Fsp3) is 0.286. The number of benzene rings is 1. The van der Waals surface area contributed by atoms with E-state index in [4.69, 9.17) is 4.74 Å². The van der Waals surface area contributed by atoms with Crippen LogP contribution in [0.4, 0.5) is 0 Å². The molecule has 0 bridgehead atoms. The van der Waals surface area contributed by atoms with Crippen molar-refractivity contribution in [1.82, 2.24) is 4.57 Å². The summed E-state index contributed by atoms with van der Waals surface area (Å²) in [6.45, 7) is 4.96. The lowest BCUT2D eigenvalue weighted by Crippen LogP contribution is -2.18. The minimum absolute atomic E-state index is 0.00490. The fourth-order valence-corrected chi connectivity index (χ4v) is 2.24. The summed E-state index contributed by atoms with van der Waals surface area (Å²) in [6.07, 6.45) is 3.84. The third-order valence-electron chi connectivity index (χ3n) is 3.28. The maximum atomic E-state index is 10.0. The van der Waals surface area contributed by atoms with E-state index < -0.39 is 0 Å². The number of hydrogen-bond acceptors (Lipinski definition) is 2. The van der Waals surface area contributed by atoms with E-state index in [1.165, 1.54) is 0 Å². The fourth-order valence-electron chi connectivity index (χ4n) is 2.24. The summed E-state index contributed by atoms with van der Waals surface area (Å²) >= 11 is 0. The second-order valence-corrected chi connectivity index (χ2v) is 5.10. The van der Waals surface area contributed by atoms with Crippen LogP contribution in [0.1, 0.15) is 19.4 Å². The molecule has 1 aromatic carbocycles. The van der Waals surface area contributed by atoms with Gasteiger partial charge in [-0.05, 0) is 18.2 Å². The summed E-state index contributed by atoms with van der Waals surface area (Å²) < 4.78 is 7.50. The summed E-state index contributed by atoms with van der Waals surface area (Å²) in [6, 6.07) is 7.60. The van der Waals surface area contributed by atoms with Crippen LogP contribution in [0.25, 0.3) is 5.69 Å². The van der Waals surface area contributed by atoms with Crippen LogP contribution < -0.4 is 4.74 Å². The van der Waals surface area contributed by atoms with Crippen LogP contribution in [0.3, 0.4) is 0 Å². The number of hydrogen-bond donors (Lipinski definition) is 1. The van der Waals surface area contributed by atoms with Crippen molar-refractivity contribution < 1.29 is 9.84 Å². The Bertz CT molecular complexity index is 556. The number of aromatic nitrogens is 1. The zero-order valence-electron chi connectivity index (χ0n) is 9.97. The molecule has 3 nitrogen and oxygen atoms in total. The summed E-state index contributed by atoms with van der Waals surface area (Å²) in [5.74, 6) is 1.04. The molecule has 3 rings (SSSR count). The Labute approximate surface area is 100 Å². The Balaban J connectivity index is 2.20. The van der Waals surface area contributed by atoms with Crippen LogP contribution in [0, 0.1) is 0 Å². The molecular formula is C14H15NO2. The van der Waals surface area contributed by atoms with Gasteiger partial charge in [-0.2, -0.15) is 0 Å². The Kier molecular flexibility index (Phi) is 1.99. The van der Waals surface area contributed by atoms with Crippen molar-refractivity contribution in [3.63, 3.8) is 0 Å². The first-order chi connectivity index (χ1) is 8.08. The van der Waals surface area contributed by atoms with Crippen LogP contribution in [0.5, 0.6) is 11.5 Å². The highest BCUT2D eigenvalue weighted by Crippen LogP contribution is 2.42.